The van der Waals surface area contributed by atoms with E-state index >= 15 is 0 Å². The van der Waals surface area contributed by atoms with Gasteiger partial charge in [-0.15, -0.1) is 0 Å². The summed E-state index contributed by atoms with van der Waals surface area (Å²) in [6.07, 6.45) is 2.49. The molecule has 19 heavy (non-hydrogen) atoms. The average molecular weight is 262 g/mol. The summed E-state index contributed by atoms with van der Waals surface area (Å²) in [5.41, 5.74) is 2.60. The predicted octanol–water partition coefficient (Wildman–Crippen LogP) is 2.41. The van der Waals surface area contributed by atoms with Crippen LogP contribution in [0.15, 0.2) is 24.3 Å². The van der Waals surface area contributed by atoms with Gasteiger partial charge in [0.25, 0.3) is 0 Å². The number of hydrogen-bond donors (Lipinski definition) is 1. The Morgan fingerprint density at radius 2 is 2.16 bits per heavy atom. The van der Waals surface area contributed by atoms with E-state index in [9.17, 15) is 0 Å². The Labute approximate surface area is 116 Å². The molecule has 2 atom stereocenters. The van der Waals surface area contributed by atoms with E-state index in [0.29, 0.717) is 18.7 Å². The largest absolute Gasteiger partial charge is 0.380 e. The number of methoxy groups -OCH3 is 1. The van der Waals surface area contributed by atoms with E-state index in [0.717, 1.165) is 6.54 Å². The molecule has 106 valence electrons. The molecule has 1 aliphatic heterocycles. The predicted molar refractivity (Wildman–Crippen MR) is 79.1 cm³/mol. The topological polar surface area (TPSA) is 24.5 Å². The minimum absolute atomic E-state index is 0.650. The van der Waals surface area contributed by atoms with Crippen molar-refractivity contribution in [2.45, 2.75) is 45.0 Å². The van der Waals surface area contributed by atoms with E-state index in [1.807, 2.05) is 0 Å². The Morgan fingerprint density at radius 3 is 2.89 bits per heavy atom. The third-order valence-corrected chi connectivity index (χ3v) is 4.11. The molecule has 0 saturated carbocycles. The molecule has 2 rings (SSSR count). The van der Waals surface area contributed by atoms with Gasteiger partial charge in [0.15, 0.2) is 0 Å². The van der Waals surface area contributed by atoms with Gasteiger partial charge in [0.05, 0.1) is 6.61 Å². The second kappa shape index (κ2) is 7.04. The Morgan fingerprint density at radius 1 is 1.37 bits per heavy atom. The first-order valence-electron chi connectivity index (χ1n) is 7.19. The number of piperidine rings is 1. The van der Waals surface area contributed by atoms with Gasteiger partial charge in [-0.1, -0.05) is 24.3 Å². The summed E-state index contributed by atoms with van der Waals surface area (Å²) >= 11 is 0. The number of nitrogens with one attached hydrogen (secondary N) is 1. The van der Waals surface area contributed by atoms with E-state index in [1.54, 1.807) is 7.11 Å². The van der Waals surface area contributed by atoms with Gasteiger partial charge in [0, 0.05) is 25.7 Å². The van der Waals surface area contributed by atoms with Gasteiger partial charge < -0.3 is 15.0 Å². The van der Waals surface area contributed by atoms with Gasteiger partial charge in [-0.05, 0) is 44.5 Å². The number of nitrogens with zero attached hydrogens (tertiary/aromatic N) is 1. The molecule has 1 aliphatic rings. The van der Waals surface area contributed by atoms with Gasteiger partial charge in [0.2, 0.25) is 0 Å². The van der Waals surface area contributed by atoms with Crippen LogP contribution in [0.2, 0.25) is 0 Å². The minimum atomic E-state index is 0.650. The SMILES string of the molecule is COCc1cccc(CNC2CCN(C)C(C)C2)c1. The molecule has 1 saturated heterocycles. The third kappa shape index (κ3) is 4.30. The molecule has 1 fully saturated rings. The van der Waals surface area contributed by atoms with Crippen molar-refractivity contribution in [1.29, 1.82) is 0 Å². The highest BCUT2D eigenvalue weighted by molar-refractivity contribution is 5.22. The smallest absolute Gasteiger partial charge is 0.0713 e. The van der Waals surface area contributed by atoms with Crippen LogP contribution < -0.4 is 5.32 Å². The molecule has 3 heteroatoms. The molecule has 3 nitrogen and oxygen atoms in total. The lowest BCUT2D eigenvalue weighted by Gasteiger charge is -2.35. The van der Waals surface area contributed by atoms with Gasteiger partial charge in [0.1, 0.15) is 0 Å². The lowest BCUT2D eigenvalue weighted by molar-refractivity contribution is 0.168. The Hall–Kier alpha value is -0.900. The van der Waals surface area contributed by atoms with Crippen molar-refractivity contribution >= 4 is 0 Å². The van der Waals surface area contributed by atoms with Crippen LogP contribution in [0.3, 0.4) is 0 Å². The van der Waals surface area contributed by atoms with Gasteiger partial charge >= 0.3 is 0 Å². The van der Waals surface area contributed by atoms with E-state index in [4.69, 9.17) is 4.74 Å². The standard InChI is InChI=1S/C16H26N2O/c1-13-9-16(7-8-18(13)2)17-11-14-5-4-6-15(10-14)12-19-3/h4-6,10,13,16-17H,7-9,11-12H2,1-3H3. The molecule has 1 heterocycles. The van der Waals surface area contributed by atoms with Gasteiger partial charge in [-0.25, -0.2) is 0 Å². The molecule has 0 radical (unpaired) electrons. The third-order valence-electron chi connectivity index (χ3n) is 4.11. The van der Waals surface area contributed by atoms with Crippen molar-refractivity contribution in [2.24, 2.45) is 0 Å². The lowest BCUT2D eigenvalue weighted by Crippen LogP contribution is -2.45. The van der Waals surface area contributed by atoms with Crippen LogP contribution in [0.1, 0.15) is 30.9 Å². The molecular weight excluding hydrogens is 236 g/mol. The molecule has 1 aromatic carbocycles. The maximum absolute atomic E-state index is 5.18. The van der Waals surface area contributed by atoms with Crippen molar-refractivity contribution < 1.29 is 4.74 Å². The van der Waals surface area contributed by atoms with Crippen LogP contribution in [0.4, 0.5) is 0 Å². The maximum atomic E-state index is 5.18. The Balaban J connectivity index is 1.83. The summed E-state index contributed by atoms with van der Waals surface area (Å²) in [5, 5.41) is 3.69. The summed E-state index contributed by atoms with van der Waals surface area (Å²) in [6.45, 7) is 5.16. The number of hydrogen-bond acceptors (Lipinski definition) is 3. The van der Waals surface area contributed by atoms with E-state index in [2.05, 4.69) is 48.5 Å². The average Bonchev–Trinajstić information content (AvgIpc) is 2.41. The van der Waals surface area contributed by atoms with Gasteiger partial charge in [-0.2, -0.15) is 0 Å². The van der Waals surface area contributed by atoms with Crippen molar-refractivity contribution in [2.75, 3.05) is 20.7 Å². The van der Waals surface area contributed by atoms with Crippen LogP contribution in [-0.4, -0.2) is 37.7 Å². The van der Waals surface area contributed by atoms with Crippen molar-refractivity contribution in [3.63, 3.8) is 0 Å². The molecule has 2 unspecified atom stereocenters. The minimum Gasteiger partial charge on any atom is -0.380 e. The highest BCUT2D eigenvalue weighted by Crippen LogP contribution is 2.16. The van der Waals surface area contributed by atoms with E-state index < -0.39 is 0 Å². The number of ether oxygens (including phenoxy) is 1. The number of likely N-dealkylation sites (tertiary alicyclic amines) is 1. The van der Waals surface area contributed by atoms with Gasteiger partial charge in [-0.3, -0.25) is 0 Å². The molecular formula is C16H26N2O. The van der Waals surface area contributed by atoms with Crippen LogP contribution in [0, 0.1) is 0 Å². The highest BCUT2D eigenvalue weighted by atomic mass is 16.5. The molecule has 0 spiro atoms. The summed E-state index contributed by atoms with van der Waals surface area (Å²) in [4.78, 5) is 2.44. The van der Waals surface area contributed by atoms with Crippen molar-refractivity contribution in [3.05, 3.63) is 35.4 Å². The summed E-state index contributed by atoms with van der Waals surface area (Å²) in [5.74, 6) is 0. The quantitative estimate of drug-likeness (QED) is 0.882. The fourth-order valence-electron chi connectivity index (χ4n) is 2.73. The zero-order chi connectivity index (χ0) is 13.7. The fourth-order valence-corrected chi connectivity index (χ4v) is 2.73. The second-order valence-electron chi connectivity index (χ2n) is 5.68. The lowest BCUT2D eigenvalue weighted by atomic mass is 9.98. The van der Waals surface area contributed by atoms with Crippen LogP contribution in [0.25, 0.3) is 0 Å². The first-order chi connectivity index (χ1) is 9.19. The first-order valence-corrected chi connectivity index (χ1v) is 7.19. The molecule has 1 N–H and O–H groups in total. The Bertz CT molecular complexity index is 394. The molecule has 0 amide bonds. The number of benzene rings is 1. The summed E-state index contributed by atoms with van der Waals surface area (Å²) < 4.78 is 5.18. The molecule has 0 aliphatic carbocycles. The maximum Gasteiger partial charge on any atom is 0.0713 e. The number of rotatable bonds is 5. The highest BCUT2D eigenvalue weighted by Gasteiger charge is 2.21. The Kier molecular flexibility index (Phi) is 5.37. The first kappa shape index (κ1) is 14.5. The van der Waals surface area contributed by atoms with Crippen LogP contribution >= 0.6 is 0 Å². The zero-order valence-corrected chi connectivity index (χ0v) is 12.4. The van der Waals surface area contributed by atoms with Crippen LogP contribution in [0.5, 0.6) is 0 Å². The van der Waals surface area contributed by atoms with Crippen molar-refractivity contribution in [1.82, 2.24) is 10.2 Å². The second-order valence-corrected chi connectivity index (χ2v) is 5.68. The monoisotopic (exact) mass is 262 g/mol. The normalized spacial score (nSPS) is 24.6. The summed E-state index contributed by atoms with van der Waals surface area (Å²) in [7, 11) is 3.96. The zero-order valence-electron chi connectivity index (χ0n) is 12.4. The molecule has 0 aromatic heterocycles. The van der Waals surface area contributed by atoms with E-state index in [-0.39, 0.29) is 0 Å². The molecule has 0 bridgehead atoms. The van der Waals surface area contributed by atoms with Crippen LogP contribution in [-0.2, 0) is 17.9 Å². The fraction of sp³-hybridized carbons (Fsp3) is 0.625. The van der Waals surface area contributed by atoms with Crippen molar-refractivity contribution in [3.8, 4) is 0 Å². The molecule has 1 aromatic rings. The summed E-state index contributed by atoms with van der Waals surface area (Å²) in [6, 6.07) is 9.98. The van der Waals surface area contributed by atoms with E-state index in [1.165, 1.54) is 30.5 Å².